The first-order valence-electron chi connectivity index (χ1n) is 9.82. The van der Waals surface area contributed by atoms with Gasteiger partial charge < -0.3 is 4.90 Å². The maximum absolute atomic E-state index is 13.7. The van der Waals surface area contributed by atoms with Gasteiger partial charge in [-0.2, -0.15) is 0 Å². The number of amides is 1. The van der Waals surface area contributed by atoms with Crippen molar-refractivity contribution in [3.8, 4) is 0 Å². The number of halogens is 1. The monoisotopic (exact) mass is 411 g/mol. The lowest BCUT2D eigenvalue weighted by Crippen LogP contribution is -2.31. The van der Waals surface area contributed by atoms with Crippen molar-refractivity contribution in [2.45, 2.75) is 5.92 Å². The normalized spacial score (nSPS) is 15.2. The number of rotatable bonds is 3. The Morgan fingerprint density at radius 2 is 1.57 bits per heavy atom. The van der Waals surface area contributed by atoms with Crippen molar-refractivity contribution in [2.24, 2.45) is 0 Å². The van der Waals surface area contributed by atoms with E-state index in [2.05, 4.69) is 0 Å². The van der Waals surface area contributed by atoms with Crippen LogP contribution in [0, 0.1) is 0 Å². The van der Waals surface area contributed by atoms with Crippen molar-refractivity contribution in [3.05, 3.63) is 113 Å². The van der Waals surface area contributed by atoms with E-state index in [9.17, 15) is 9.59 Å². The van der Waals surface area contributed by atoms with Crippen LogP contribution in [0.15, 0.2) is 91.0 Å². The summed E-state index contributed by atoms with van der Waals surface area (Å²) in [6, 6.07) is 28.1. The molecule has 0 saturated carbocycles. The Morgan fingerprint density at radius 3 is 2.40 bits per heavy atom. The molecule has 3 nitrogen and oxygen atoms in total. The molecule has 1 heterocycles. The average molecular weight is 412 g/mol. The van der Waals surface area contributed by atoms with Gasteiger partial charge in [-0.3, -0.25) is 9.59 Å². The summed E-state index contributed by atoms with van der Waals surface area (Å²) in [6.07, 6.45) is 0. The lowest BCUT2D eigenvalue weighted by molar-refractivity contribution is 0.0958. The number of carbonyl (C=O) groups excluding carboxylic acids is 2. The third-order valence-corrected chi connectivity index (χ3v) is 5.89. The number of anilines is 1. The minimum Gasteiger partial charge on any atom is -0.307 e. The van der Waals surface area contributed by atoms with E-state index in [0.717, 1.165) is 22.0 Å². The van der Waals surface area contributed by atoms with Crippen LogP contribution in [0.25, 0.3) is 10.8 Å². The third-order valence-electron chi connectivity index (χ3n) is 5.66. The van der Waals surface area contributed by atoms with Crippen LogP contribution in [0.4, 0.5) is 5.69 Å². The molecule has 4 heteroatoms. The topological polar surface area (TPSA) is 37.4 Å². The van der Waals surface area contributed by atoms with Gasteiger partial charge in [0.15, 0.2) is 5.78 Å². The maximum atomic E-state index is 13.7. The van der Waals surface area contributed by atoms with E-state index in [1.54, 1.807) is 23.1 Å². The van der Waals surface area contributed by atoms with Gasteiger partial charge in [-0.15, -0.1) is 0 Å². The summed E-state index contributed by atoms with van der Waals surface area (Å²) in [5.74, 6) is -0.580. The summed E-state index contributed by atoms with van der Waals surface area (Å²) in [5.41, 5.74) is 2.80. The maximum Gasteiger partial charge on any atom is 0.258 e. The summed E-state index contributed by atoms with van der Waals surface area (Å²) < 4.78 is 0. The van der Waals surface area contributed by atoms with Gasteiger partial charge in [-0.1, -0.05) is 72.3 Å². The first kappa shape index (κ1) is 18.6. The zero-order chi connectivity index (χ0) is 20.7. The highest BCUT2D eigenvalue weighted by atomic mass is 35.5. The van der Waals surface area contributed by atoms with Crippen molar-refractivity contribution in [2.75, 3.05) is 11.4 Å². The number of nitrogens with zero attached hydrogens (tertiary/aromatic N) is 1. The van der Waals surface area contributed by atoms with Gasteiger partial charge in [-0.25, -0.2) is 0 Å². The average Bonchev–Trinajstić information content (AvgIpc) is 3.17. The Bertz CT molecular complexity index is 1280. The first-order valence-corrected chi connectivity index (χ1v) is 10.2. The molecule has 0 saturated heterocycles. The Kier molecular flexibility index (Phi) is 4.61. The highest BCUT2D eigenvalue weighted by molar-refractivity contribution is 6.31. The minimum absolute atomic E-state index is 0.00122. The van der Waals surface area contributed by atoms with Crippen LogP contribution >= 0.6 is 11.6 Å². The van der Waals surface area contributed by atoms with Gasteiger partial charge in [0.05, 0.1) is 5.92 Å². The van der Waals surface area contributed by atoms with Gasteiger partial charge in [-0.05, 0) is 46.7 Å². The lowest BCUT2D eigenvalue weighted by atomic mass is 9.90. The van der Waals surface area contributed by atoms with Gasteiger partial charge in [0, 0.05) is 28.4 Å². The molecule has 0 aliphatic carbocycles. The van der Waals surface area contributed by atoms with E-state index in [4.69, 9.17) is 11.6 Å². The van der Waals surface area contributed by atoms with Crippen molar-refractivity contribution in [1.82, 2.24) is 0 Å². The van der Waals surface area contributed by atoms with E-state index in [1.807, 2.05) is 72.8 Å². The molecule has 4 aromatic carbocycles. The molecule has 0 spiro atoms. The molecule has 0 radical (unpaired) electrons. The zero-order valence-electron chi connectivity index (χ0n) is 16.1. The number of hydrogen-bond acceptors (Lipinski definition) is 2. The number of benzene rings is 4. The molecule has 0 N–H and O–H groups in total. The first-order chi connectivity index (χ1) is 14.6. The van der Waals surface area contributed by atoms with Crippen LogP contribution in [0.3, 0.4) is 0 Å². The molecule has 1 unspecified atom stereocenters. The van der Waals surface area contributed by atoms with Crippen LogP contribution in [0.2, 0.25) is 5.02 Å². The van der Waals surface area contributed by atoms with Crippen molar-refractivity contribution >= 4 is 39.8 Å². The molecule has 146 valence electrons. The highest BCUT2D eigenvalue weighted by Gasteiger charge is 2.37. The summed E-state index contributed by atoms with van der Waals surface area (Å²) in [4.78, 5) is 28.5. The molecular weight excluding hydrogens is 394 g/mol. The van der Waals surface area contributed by atoms with Crippen molar-refractivity contribution in [1.29, 1.82) is 0 Å². The molecule has 0 aromatic heterocycles. The van der Waals surface area contributed by atoms with Crippen LogP contribution in [-0.4, -0.2) is 18.2 Å². The highest BCUT2D eigenvalue weighted by Crippen LogP contribution is 2.41. The molecule has 4 aromatic rings. The van der Waals surface area contributed by atoms with E-state index < -0.39 is 5.92 Å². The molecule has 30 heavy (non-hydrogen) atoms. The second-order valence-corrected chi connectivity index (χ2v) is 7.86. The summed E-state index contributed by atoms with van der Waals surface area (Å²) in [6.45, 7) is 0.297. The molecule has 0 fully saturated rings. The van der Waals surface area contributed by atoms with Crippen molar-refractivity contribution < 1.29 is 9.59 Å². The third kappa shape index (κ3) is 3.08. The number of carbonyl (C=O) groups is 2. The van der Waals surface area contributed by atoms with Crippen molar-refractivity contribution in [3.63, 3.8) is 0 Å². The zero-order valence-corrected chi connectivity index (χ0v) is 16.8. The predicted octanol–water partition coefficient (Wildman–Crippen LogP) is 6.12. The molecule has 5 rings (SSSR count). The number of ketones is 1. The number of fused-ring (bicyclic) bond motifs is 2. The predicted molar refractivity (Wildman–Crippen MR) is 121 cm³/mol. The molecular formula is C26H18ClNO2. The molecule has 0 bridgehead atoms. The number of Topliss-reactive ketones (excluding diaryl/α,β-unsaturated/α-hetero) is 1. The largest absolute Gasteiger partial charge is 0.307 e. The van der Waals surface area contributed by atoms with E-state index in [1.165, 1.54) is 0 Å². The molecule has 1 aliphatic rings. The standard InChI is InChI=1S/C26H18ClNO2/c27-19-13-14-24-22(15-19)23(16-28(24)26(30)18-8-2-1-3-9-18)25(29)21-12-6-10-17-7-4-5-11-20(17)21/h1-15,23H,16H2. The SMILES string of the molecule is O=C(c1cccc2ccccc12)C1CN(C(=O)c2ccccc2)c2ccc(Cl)cc21. The molecule has 1 atom stereocenters. The summed E-state index contributed by atoms with van der Waals surface area (Å²) in [7, 11) is 0. The Balaban J connectivity index is 1.59. The van der Waals surface area contributed by atoms with E-state index >= 15 is 0 Å². The quantitative estimate of drug-likeness (QED) is 0.381. The Morgan fingerprint density at radius 1 is 0.833 bits per heavy atom. The summed E-state index contributed by atoms with van der Waals surface area (Å²) >= 11 is 6.26. The van der Waals surface area contributed by atoms with Crippen LogP contribution in [0.5, 0.6) is 0 Å². The van der Waals surface area contributed by atoms with E-state index in [0.29, 0.717) is 22.7 Å². The van der Waals surface area contributed by atoms with Crippen LogP contribution in [-0.2, 0) is 0 Å². The van der Waals surface area contributed by atoms with E-state index in [-0.39, 0.29) is 11.7 Å². The van der Waals surface area contributed by atoms with Gasteiger partial charge in [0.1, 0.15) is 0 Å². The summed E-state index contributed by atoms with van der Waals surface area (Å²) in [5, 5.41) is 2.49. The van der Waals surface area contributed by atoms with Crippen LogP contribution < -0.4 is 4.90 Å². The van der Waals surface area contributed by atoms with Gasteiger partial charge in [0.25, 0.3) is 5.91 Å². The smallest absolute Gasteiger partial charge is 0.258 e. The lowest BCUT2D eigenvalue weighted by Gasteiger charge is -2.18. The molecule has 1 amide bonds. The molecule has 1 aliphatic heterocycles. The fraction of sp³-hybridized carbons (Fsp3) is 0.0769. The van der Waals surface area contributed by atoms with Crippen LogP contribution in [0.1, 0.15) is 32.2 Å². The Labute approximate surface area is 179 Å². The Hall–Kier alpha value is -3.43. The fourth-order valence-corrected chi connectivity index (χ4v) is 4.39. The second kappa shape index (κ2) is 7.43. The minimum atomic E-state index is -0.461. The second-order valence-electron chi connectivity index (χ2n) is 7.43. The van der Waals surface area contributed by atoms with Gasteiger partial charge in [0.2, 0.25) is 0 Å². The number of hydrogen-bond donors (Lipinski definition) is 0. The van der Waals surface area contributed by atoms with Gasteiger partial charge >= 0.3 is 0 Å². The fourth-order valence-electron chi connectivity index (χ4n) is 4.21.